The van der Waals surface area contributed by atoms with Crippen molar-refractivity contribution in [1.29, 1.82) is 0 Å². The molecule has 0 aromatic heterocycles. The lowest BCUT2D eigenvalue weighted by molar-refractivity contribution is 0.0873. The van der Waals surface area contributed by atoms with Gasteiger partial charge in [-0.25, -0.2) is 4.31 Å². The van der Waals surface area contributed by atoms with Crippen molar-refractivity contribution in [3.63, 3.8) is 0 Å². The molecule has 1 aliphatic rings. The number of hydrogen-bond donors (Lipinski definition) is 2. The molecule has 1 aromatic rings. The molecule has 1 aromatic carbocycles. The Labute approximate surface area is 134 Å². The molecule has 0 unspecified atom stereocenters. The Morgan fingerprint density at radius 2 is 2.10 bits per heavy atom. The highest BCUT2D eigenvalue weighted by atomic mass is 35.5. The van der Waals surface area contributed by atoms with Gasteiger partial charge in [-0.05, 0) is 55.4 Å². The first kappa shape index (κ1) is 16.0. The van der Waals surface area contributed by atoms with Gasteiger partial charge in [-0.1, -0.05) is 29.3 Å². The van der Waals surface area contributed by atoms with E-state index < -0.39 is 0 Å². The minimum absolute atomic E-state index is 0.0422. The molecule has 6 heteroatoms. The standard InChI is InChI=1S/C14H19ClN2OS2/c1-10-11(4-3-5-12(10)15)13(18)16-14(2)6-8-17(20-19)9-7-14/h3-5,19H,6-9H2,1-2H3,(H,16,18). The number of halogens is 1. The summed E-state index contributed by atoms with van der Waals surface area (Å²) in [6.45, 7) is 5.84. The highest BCUT2D eigenvalue weighted by molar-refractivity contribution is 8.67. The number of benzene rings is 1. The lowest BCUT2D eigenvalue weighted by Crippen LogP contribution is -2.52. The zero-order valence-electron chi connectivity index (χ0n) is 11.6. The van der Waals surface area contributed by atoms with Crippen LogP contribution >= 0.6 is 34.2 Å². The highest BCUT2D eigenvalue weighted by Gasteiger charge is 2.32. The summed E-state index contributed by atoms with van der Waals surface area (Å²) in [5.74, 6) is -0.0422. The summed E-state index contributed by atoms with van der Waals surface area (Å²) in [5, 5.41) is 3.79. The van der Waals surface area contributed by atoms with Crippen molar-refractivity contribution >= 4 is 40.1 Å². The van der Waals surface area contributed by atoms with Crippen molar-refractivity contribution in [2.45, 2.75) is 32.2 Å². The third-order valence-corrected chi connectivity index (χ3v) is 5.57. The third kappa shape index (κ3) is 3.64. The summed E-state index contributed by atoms with van der Waals surface area (Å²) >= 11 is 10.3. The van der Waals surface area contributed by atoms with E-state index in [2.05, 4.69) is 28.2 Å². The van der Waals surface area contributed by atoms with Crippen molar-refractivity contribution in [3.05, 3.63) is 34.3 Å². The topological polar surface area (TPSA) is 32.3 Å². The van der Waals surface area contributed by atoms with E-state index in [4.69, 9.17) is 11.6 Å². The molecule has 110 valence electrons. The van der Waals surface area contributed by atoms with Gasteiger partial charge in [-0.15, -0.1) is 0 Å². The van der Waals surface area contributed by atoms with Gasteiger partial charge in [-0.3, -0.25) is 4.79 Å². The molecule has 3 nitrogen and oxygen atoms in total. The largest absolute Gasteiger partial charge is 0.347 e. The van der Waals surface area contributed by atoms with E-state index in [1.165, 1.54) is 11.0 Å². The van der Waals surface area contributed by atoms with E-state index in [0.29, 0.717) is 10.6 Å². The van der Waals surface area contributed by atoms with Gasteiger partial charge in [0.15, 0.2) is 0 Å². The number of carbonyl (C=O) groups is 1. The average Bonchev–Trinajstić information content (AvgIpc) is 2.42. The van der Waals surface area contributed by atoms with Crippen LogP contribution in [0.1, 0.15) is 35.7 Å². The first-order chi connectivity index (χ1) is 9.45. The Kier molecular flexibility index (Phi) is 5.29. The van der Waals surface area contributed by atoms with Gasteiger partial charge in [0, 0.05) is 29.2 Å². The van der Waals surface area contributed by atoms with E-state index >= 15 is 0 Å². The number of piperidine rings is 1. The fourth-order valence-electron chi connectivity index (χ4n) is 2.38. The third-order valence-electron chi connectivity index (χ3n) is 3.87. The van der Waals surface area contributed by atoms with Crippen LogP contribution in [0, 0.1) is 6.92 Å². The average molecular weight is 331 g/mol. The molecular weight excluding hydrogens is 312 g/mol. The predicted molar refractivity (Wildman–Crippen MR) is 89.4 cm³/mol. The summed E-state index contributed by atoms with van der Waals surface area (Å²) in [7, 11) is 1.46. The molecule has 1 N–H and O–H groups in total. The first-order valence-corrected chi connectivity index (χ1v) is 8.80. The van der Waals surface area contributed by atoms with E-state index in [9.17, 15) is 4.79 Å². The van der Waals surface area contributed by atoms with Crippen molar-refractivity contribution in [3.8, 4) is 0 Å². The molecular formula is C14H19ClN2OS2. The van der Waals surface area contributed by atoms with Gasteiger partial charge in [0.25, 0.3) is 5.91 Å². The second kappa shape index (κ2) is 6.60. The SMILES string of the molecule is Cc1c(Cl)cccc1C(=O)NC1(C)CCN(SS)CC1. The monoisotopic (exact) mass is 330 g/mol. The van der Waals surface area contributed by atoms with Crippen LogP contribution in [0.3, 0.4) is 0 Å². The molecule has 0 bridgehead atoms. The number of thiol groups is 1. The summed E-state index contributed by atoms with van der Waals surface area (Å²) in [5.41, 5.74) is 1.33. The Morgan fingerprint density at radius 1 is 1.45 bits per heavy atom. The number of rotatable bonds is 3. The molecule has 20 heavy (non-hydrogen) atoms. The zero-order chi connectivity index (χ0) is 14.8. The maximum atomic E-state index is 12.4. The van der Waals surface area contributed by atoms with Gasteiger partial charge < -0.3 is 5.32 Å². The number of amides is 1. The van der Waals surface area contributed by atoms with Gasteiger partial charge in [-0.2, -0.15) is 0 Å². The van der Waals surface area contributed by atoms with Gasteiger partial charge in [0.1, 0.15) is 0 Å². The molecule has 1 fully saturated rings. The highest BCUT2D eigenvalue weighted by Crippen LogP contribution is 2.28. The number of nitrogens with one attached hydrogen (secondary N) is 1. The normalized spacial score (nSPS) is 18.8. The molecule has 0 radical (unpaired) electrons. The lowest BCUT2D eigenvalue weighted by Gasteiger charge is -2.38. The molecule has 1 heterocycles. The van der Waals surface area contributed by atoms with Crippen molar-refractivity contribution in [2.24, 2.45) is 0 Å². The van der Waals surface area contributed by atoms with Crippen LogP contribution in [0.5, 0.6) is 0 Å². The maximum absolute atomic E-state index is 12.4. The van der Waals surface area contributed by atoms with Crippen molar-refractivity contribution in [2.75, 3.05) is 13.1 Å². The maximum Gasteiger partial charge on any atom is 0.252 e. The fourth-order valence-corrected chi connectivity index (χ4v) is 3.39. The van der Waals surface area contributed by atoms with Crippen LogP contribution in [0.4, 0.5) is 0 Å². The second-order valence-electron chi connectivity index (χ2n) is 5.44. The Morgan fingerprint density at radius 3 is 2.70 bits per heavy atom. The van der Waals surface area contributed by atoms with E-state index in [1.807, 2.05) is 19.1 Å². The molecule has 0 spiro atoms. The molecule has 2 rings (SSSR count). The quantitative estimate of drug-likeness (QED) is 0.503. The van der Waals surface area contributed by atoms with Crippen LogP contribution < -0.4 is 5.32 Å². The number of carbonyl (C=O) groups excluding carboxylic acids is 1. The lowest BCUT2D eigenvalue weighted by atomic mass is 9.90. The first-order valence-electron chi connectivity index (χ1n) is 6.59. The molecule has 1 aliphatic heterocycles. The molecule has 1 saturated heterocycles. The second-order valence-corrected chi connectivity index (χ2v) is 7.01. The number of nitrogens with zero attached hydrogens (tertiary/aromatic N) is 1. The molecule has 0 atom stereocenters. The summed E-state index contributed by atoms with van der Waals surface area (Å²) in [6, 6.07) is 5.43. The van der Waals surface area contributed by atoms with Gasteiger partial charge in [0.2, 0.25) is 0 Å². The van der Waals surface area contributed by atoms with Gasteiger partial charge >= 0.3 is 0 Å². The Balaban J connectivity index is 2.06. The van der Waals surface area contributed by atoms with Crippen LogP contribution in [0.25, 0.3) is 0 Å². The van der Waals surface area contributed by atoms with Gasteiger partial charge in [0.05, 0.1) is 0 Å². The van der Waals surface area contributed by atoms with Crippen LogP contribution in [-0.2, 0) is 0 Å². The van der Waals surface area contributed by atoms with E-state index in [0.717, 1.165) is 31.5 Å². The smallest absolute Gasteiger partial charge is 0.252 e. The zero-order valence-corrected chi connectivity index (χ0v) is 14.1. The van der Waals surface area contributed by atoms with Crippen LogP contribution in [0.15, 0.2) is 18.2 Å². The molecule has 1 amide bonds. The molecule has 0 aliphatic carbocycles. The fraction of sp³-hybridized carbons (Fsp3) is 0.500. The summed E-state index contributed by atoms with van der Waals surface area (Å²) in [6.07, 6.45) is 1.85. The van der Waals surface area contributed by atoms with E-state index in [1.54, 1.807) is 6.07 Å². The summed E-state index contributed by atoms with van der Waals surface area (Å²) < 4.78 is 2.20. The Bertz CT molecular complexity index is 502. The number of hydrogen-bond acceptors (Lipinski definition) is 4. The van der Waals surface area contributed by atoms with Crippen molar-refractivity contribution < 1.29 is 4.79 Å². The minimum Gasteiger partial charge on any atom is -0.347 e. The van der Waals surface area contributed by atoms with Crippen LogP contribution in [-0.4, -0.2) is 28.8 Å². The predicted octanol–water partition coefficient (Wildman–Crippen LogP) is 3.73. The van der Waals surface area contributed by atoms with E-state index in [-0.39, 0.29) is 11.4 Å². The molecule has 0 saturated carbocycles. The van der Waals surface area contributed by atoms with Crippen LogP contribution in [0.2, 0.25) is 5.02 Å². The Hall–Kier alpha value is -0.360. The van der Waals surface area contributed by atoms with Crippen molar-refractivity contribution in [1.82, 2.24) is 9.62 Å². The minimum atomic E-state index is -0.161. The summed E-state index contributed by atoms with van der Waals surface area (Å²) in [4.78, 5) is 12.4.